The maximum Gasteiger partial charge on any atom is 0.417 e. The van der Waals surface area contributed by atoms with Crippen LogP contribution in [-0.2, 0) is 10.9 Å². The standard InChI is InChI=1S/C13H13F3O2/c14-13(15,16)11-8-4-3-7-10(11)12(17)18-9-5-1-2-6-9/h3-4,7-9H,1-2,5-6H2. The average molecular weight is 258 g/mol. The van der Waals surface area contributed by atoms with Crippen molar-refractivity contribution in [1.82, 2.24) is 0 Å². The monoisotopic (exact) mass is 258 g/mol. The SMILES string of the molecule is O=C(OC1CCCC1)c1ccccc1C(F)(F)F. The van der Waals surface area contributed by atoms with E-state index in [1.165, 1.54) is 12.1 Å². The summed E-state index contributed by atoms with van der Waals surface area (Å²) < 4.78 is 43.2. The number of carbonyl (C=O) groups excluding carboxylic acids is 1. The van der Waals surface area contributed by atoms with Crippen LogP contribution in [-0.4, -0.2) is 12.1 Å². The van der Waals surface area contributed by atoms with Crippen LogP contribution in [0.3, 0.4) is 0 Å². The third-order valence-electron chi connectivity index (χ3n) is 3.03. The number of ether oxygens (including phenoxy) is 1. The maximum absolute atomic E-state index is 12.7. The topological polar surface area (TPSA) is 26.3 Å². The molecule has 2 nitrogen and oxygen atoms in total. The Labute approximate surface area is 103 Å². The van der Waals surface area contributed by atoms with E-state index in [-0.39, 0.29) is 6.10 Å². The van der Waals surface area contributed by atoms with Gasteiger partial charge in [0, 0.05) is 0 Å². The van der Waals surface area contributed by atoms with Crippen LogP contribution in [0.4, 0.5) is 13.2 Å². The van der Waals surface area contributed by atoms with E-state index in [4.69, 9.17) is 4.74 Å². The van der Waals surface area contributed by atoms with E-state index in [1.54, 1.807) is 0 Å². The normalized spacial score (nSPS) is 16.8. The average Bonchev–Trinajstić information content (AvgIpc) is 2.80. The van der Waals surface area contributed by atoms with Gasteiger partial charge in [-0.25, -0.2) is 4.79 Å². The van der Waals surface area contributed by atoms with E-state index >= 15 is 0 Å². The molecule has 1 saturated carbocycles. The lowest BCUT2D eigenvalue weighted by molar-refractivity contribution is -0.138. The predicted octanol–water partition coefficient (Wildman–Crippen LogP) is 3.80. The summed E-state index contributed by atoms with van der Waals surface area (Å²) in [6.07, 6.45) is -1.39. The summed E-state index contributed by atoms with van der Waals surface area (Å²) in [6.45, 7) is 0. The fraction of sp³-hybridized carbons (Fsp3) is 0.462. The highest BCUT2D eigenvalue weighted by molar-refractivity contribution is 5.91. The molecule has 2 rings (SSSR count). The number of carbonyl (C=O) groups is 1. The zero-order valence-electron chi connectivity index (χ0n) is 9.67. The van der Waals surface area contributed by atoms with Crippen LogP contribution < -0.4 is 0 Å². The highest BCUT2D eigenvalue weighted by atomic mass is 19.4. The molecule has 0 atom stereocenters. The Bertz CT molecular complexity index is 434. The van der Waals surface area contributed by atoms with Crippen LogP contribution >= 0.6 is 0 Å². The molecular formula is C13H13F3O2. The van der Waals surface area contributed by atoms with Gasteiger partial charge in [-0.3, -0.25) is 0 Å². The van der Waals surface area contributed by atoms with Gasteiger partial charge in [-0.05, 0) is 37.8 Å². The number of alkyl halides is 3. The smallest absolute Gasteiger partial charge is 0.417 e. The van der Waals surface area contributed by atoms with Gasteiger partial charge in [0.2, 0.25) is 0 Å². The molecule has 0 saturated heterocycles. The van der Waals surface area contributed by atoms with Gasteiger partial charge in [-0.1, -0.05) is 12.1 Å². The molecule has 5 heteroatoms. The van der Waals surface area contributed by atoms with Crippen molar-refractivity contribution in [3.8, 4) is 0 Å². The Balaban J connectivity index is 2.19. The first-order valence-corrected chi connectivity index (χ1v) is 5.85. The van der Waals surface area contributed by atoms with Crippen molar-refractivity contribution in [2.24, 2.45) is 0 Å². The van der Waals surface area contributed by atoms with Crippen molar-refractivity contribution in [3.63, 3.8) is 0 Å². The molecular weight excluding hydrogens is 245 g/mol. The molecule has 0 N–H and O–H groups in total. The third kappa shape index (κ3) is 2.83. The van der Waals surface area contributed by atoms with E-state index in [9.17, 15) is 18.0 Å². The maximum atomic E-state index is 12.7. The quantitative estimate of drug-likeness (QED) is 0.754. The second-order valence-electron chi connectivity index (χ2n) is 4.36. The molecule has 1 aromatic carbocycles. The molecule has 0 spiro atoms. The van der Waals surface area contributed by atoms with Crippen LogP contribution in [0.25, 0.3) is 0 Å². The van der Waals surface area contributed by atoms with Crippen LogP contribution in [0.1, 0.15) is 41.6 Å². The minimum atomic E-state index is -4.54. The van der Waals surface area contributed by atoms with Crippen molar-refractivity contribution in [1.29, 1.82) is 0 Å². The summed E-state index contributed by atoms with van der Waals surface area (Å²) >= 11 is 0. The van der Waals surface area contributed by atoms with E-state index in [2.05, 4.69) is 0 Å². The number of esters is 1. The van der Waals surface area contributed by atoms with Gasteiger partial charge in [0.15, 0.2) is 0 Å². The fourth-order valence-electron chi connectivity index (χ4n) is 2.13. The Hall–Kier alpha value is -1.52. The van der Waals surface area contributed by atoms with Gasteiger partial charge in [0.25, 0.3) is 0 Å². The largest absolute Gasteiger partial charge is 0.459 e. The minimum Gasteiger partial charge on any atom is -0.459 e. The van der Waals surface area contributed by atoms with Crippen LogP contribution in [0.15, 0.2) is 24.3 Å². The summed E-state index contributed by atoms with van der Waals surface area (Å²) in [5.41, 5.74) is -1.34. The van der Waals surface area contributed by atoms with E-state index < -0.39 is 23.3 Å². The summed E-state index contributed by atoms with van der Waals surface area (Å²) in [4.78, 5) is 11.7. The van der Waals surface area contributed by atoms with Crippen molar-refractivity contribution in [3.05, 3.63) is 35.4 Å². The Kier molecular flexibility index (Phi) is 3.59. The number of rotatable bonds is 2. The third-order valence-corrected chi connectivity index (χ3v) is 3.03. The van der Waals surface area contributed by atoms with Crippen molar-refractivity contribution in [2.45, 2.75) is 38.0 Å². The lowest BCUT2D eigenvalue weighted by Gasteiger charge is -2.15. The lowest BCUT2D eigenvalue weighted by atomic mass is 10.1. The molecule has 98 valence electrons. The zero-order chi connectivity index (χ0) is 13.2. The van der Waals surface area contributed by atoms with Gasteiger partial charge in [0.05, 0.1) is 11.1 Å². The summed E-state index contributed by atoms with van der Waals surface area (Å²) in [6, 6.07) is 4.71. The summed E-state index contributed by atoms with van der Waals surface area (Å²) in [7, 11) is 0. The number of hydrogen-bond acceptors (Lipinski definition) is 2. The molecule has 18 heavy (non-hydrogen) atoms. The minimum absolute atomic E-state index is 0.237. The summed E-state index contributed by atoms with van der Waals surface area (Å²) in [5.74, 6) is -0.880. The molecule has 0 unspecified atom stereocenters. The molecule has 0 heterocycles. The molecule has 1 aromatic rings. The number of hydrogen-bond donors (Lipinski definition) is 0. The molecule has 0 radical (unpaired) electrons. The second kappa shape index (κ2) is 5.00. The van der Waals surface area contributed by atoms with Gasteiger partial charge >= 0.3 is 12.1 Å². The van der Waals surface area contributed by atoms with Crippen molar-refractivity contribution < 1.29 is 22.7 Å². The molecule has 0 amide bonds. The molecule has 0 aromatic heterocycles. The Morgan fingerprint density at radius 2 is 1.78 bits per heavy atom. The molecule has 1 fully saturated rings. The lowest BCUT2D eigenvalue weighted by Crippen LogP contribution is -2.19. The number of benzene rings is 1. The first-order valence-electron chi connectivity index (χ1n) is 5.85. The Morgan fingerprint density at radius 3 is 2.39 bits per heavy atom. The highest BCUT2D eigenvalue weighted by Gasteiger charge is 2.35. The molecule has 1 aliphatic carbocycles. The van der Waals surface area contributed by atoms with Gasteiger partial charge in [0.1, 0.15) is 6.10 Å². The Morgan fingerprint density at radius 1 is 1.17 bits per heavy atom. The second-order valence-corrected chi connectivity index (χ2v) is 4.36. The van der Waals surface area contributed by atoms with Crippen LogP contribution in [0.2, 0.25) is 0 Å². The first kappa shape index (κ1) is 12.9. The number of halogens is 3. The fourth-order valence-corrected chi connectivity index (χ4v) is 2.13. The van der Waals surface area contributed by atoms with Crippen molar-refractivity contribution in [2.75, 3.05) is 0 Å². The first-order chi connectivity index (χ1) is 8.48. The van der Waals surface area contributed by atoms with Crippen LogP contribution in [0.5, 0.6) is 0 Å². The van der Waals surface area contributed by atoms with E-state index in [0.717, 1.165) is 37.8 Å². The highest BCUT2D eigenvalue weighted by Crippen LogP contribution is 2.32. The van der Waals surface area contributed by atoms with E-state index in [0.29, 0.717) is 0 Å². The molecule has 0 aliphatic heterocycles. The molecule has 1 aliphatic rings. The van der Waals surface area contributed by atoms with Gasteiger partial charge < -0.3 is 4.74 Å². The predicted molar refractivity (Wildman–Crippen MR) is 59.1 cm³/mol. The van der Waals surface area contributed by atoms with Gasteiger partial charge in [-0.2, -0.15) is 13.2 Å². The van der Waals surface area contributed by atoms with Gasteiger partial charge in [-0.15, -0.1) is 0 Å². The van der Waals surface area contributed by atoms with E-state index in [1.807, 2.05) is 0 Å². The zero-order valence-corrected chi connectivity index (χ0v) is 9.67. The van der Waals surface area contributed by atoms with Crippen LogP contribution in [0, 0.1) is 0 Å². The molecule has 0 bridgehead atoms. The van der Waals surface area contributed by atoms with Crippen molar-refractivity contribution >= 4 is 5.97 Å². The summed E-state index contributed by atoms with van der Waals surface area (Å²) in [5, 5.41) is 0.